The van der Waals surface area contributed by atoms with Crippen LogP contribution in [-0.2, 0) is 24.1 Å². The average Bonchev–Trinajstić information content (AvgIpc) is 3.30. The number of benzene rings is 1. The van der Waals surface area contributed by atoms with Crippen molar-refractivity contribution in [3.8, 4) is 0 Å². The number of nitrogens with one attached hydrogen (secondary N) is 1. The number of rotatable bonds is 7. The van der Waals surface area contributed by atoms with Crippen molar-refractivity contribution in [1.29, 1.82) is 0 Å². The molecule has 1 unspecified atom stereocenters. The molecule has 1 atom stereocenters. The molecule has 7 nitrogen and oxygen atoms in total. The van der Waals surface area contributed by atoms with E-state index in [1.54, 1.807) is 11.6 Å². The number of anilines is 1. The molecule has 0 radical (unpaired) electrons. The Kier molecular flexibility index (Phi) is 5.55. The first-order chi connectivity index (χ1) is 14.7. The molecule has 3 aromatic rings. The highest BCUT2D eigenvalue weighted by Gasteiger charge is 2.38. The van der Waals surface area contributed by atoms with Crippen molar-refractivity contribution in [1.82, 2.24) is 24.5 Å². The Morgan fingerprint density at radius 2 is 2.03 bits per heavy atom. The minimum Gasteiger partial charge on any atom is -0.293 e. The fourth-order valence-corrected chi connectivity index (χ4v) is 3.43. The van der Waals surface area contributed by atoms with E-state index >= 15 is 0 Å². The predicted octanol–water partition coefficient (Wildman–Crippen LogP) is 4.00. The fourth-order valence-electron chi connectivity index (χ4n) is 3.43. The fraction of sp³-hybridized carbons (Fsp3) is 0.429. The van der Waals surface area contributed by atoms with Gasteiger partial charge in [-0.25, -0.2) is 9.67 Å². The van der Waals surface area contributed by atoms with E-state index < -0.39 is 17.8 Å². The van der Waals surface area contributed by atoms with Gasteiger partial charge in [0.15, 0.2) is 5.69 Å². The number of carbonyl (C=O) groups is 1. The maximum Gasteiger partial charge on any atom is 0.435 e. The number of aromatic nitrogens is 5. The van der Waals surface area contributed by atoms with E-state index in [-0.39, 0.29) is 24.3 Å². The lowest BCUT2D eigenvalue weighted by Crippen LogP contribution is -2.26. The molecule has 1 N–H and O–H groups in total. The summed E-state index contributed by atoms with van der Waals surface area (Å²) in [6.07, 6.45) is -1.30. The van der Waals surface area contributed by atoms with Gasteiger partial charge in [-0.3, -0.25) is 14.8 Å². The Hall–Kier alpha value is -3.17. The van der Waals surface area contributed by atoms with Crippen molar-refractivity contribution in [2.45, 2.75) is 51.9 Å². The molecule has 0 aliphatic heterocycles. The van der Waals surface area contributed by atoms with Crippen LogP contribution in [0.4, 0.5) is 19.1 Å². The summed E-state index contributed by atoms with van der Waals surface area (Å²) >= 11 is 0. The molecule has 2 heterocycles. The monoisotopic (exact) mass is 432 g/mol. The van der Waals surface area contributed by atoms with Crippen LogP contribution >= 0.6 is 0 Å². The molecule has 1 aliphatic carbocycles. The Bertz CT molecular complexity index is 1080. The van der Waals surface area contributed by atoms with E-state index in [0.29, 0.717) is 12.2 Å². The standard InChI is InChI=1S/C21H23F3N6O/c1-13-4-3-5-15(8-13)11-29-12-25-20(28-29)26-19(31)14(2)10-30-17(16-6-7-16)9-18(27-30)21(22,23)24/h3-5,8-9,12,14,16H,6-7,10-11H2,1-2H3,(H,26,28,31). The Labute approximate surface area is 177 Å². The zero-order chi connectivity index (χ0) is 22.2. The lowest BCUT2D eigenvalue weighted by atomic mass is 10.1. The van der Waals surface area contributed by atoms with E-state index in [1.165, 1.54) is 11.0 Å². The van der Waals surface area contributed by atoms with E-state index in [1.807, 2.05) is 31.2 Å². The van der Waals surface area contributed by atoms with Gasteiger partial charge >= 0.3 is 6.18 Å². The van der Waals surface area contributed by atoms with Gasteiger partial charge in [0.2, 0.25) is 11.9 Å². The van der Waals surface area contributed by atoms with Gasteiger partial charge in [-0.15, -0.1) is 5.10 Å². The quantitative estimate of drug-likeness (QED) is 0.612. The van der Waals surface area contributed by atoms with E-state index in [4.69, 9.17) is 0 Å². The van der Waals surface area contributed by atoms with Crippen molar-refractivity contribution in [3.63, 3.8) is 0 Å². The highest BCUT2D eigenvalue weighted by molar-refractivity contribution is 5.90. The van der Waals surface area contributed by atoms with Crippen LogP contribution in [0, 0.1) is 12.8 Å². The molecule has 10 heteroatoms. The summed E-state index contributed by atoms with van der Waals surface area (Å²) in [5.74, 6) is -0.748. The molecule has 0 spiro atoms. The molecule has 1 saturated carbocycles. The molecule has 1 fully saturated rings. The van der Waals surface area contributed by atoms with Crippen molar-refractivity contribution in [3.05, 3.63) is 59.2 Å². The smallest absolute Gasteiger partial charge is 0.293 e. The highest BCUT2D eigenvalue weighted by atomic mass is 19.4. The second-order valence-electron chi connectivity index (χ2n) is 8.05. The summed E-state index contributed by atoms with van der Waals surface area (Å²) in [6, 6.07) is 9.08. The molecule has 0 saturated heterocycles. The van der Waals surface area contributed by atoms with Crippen LogP contribution in [0.2, 0.25) is 0 Å². The van der Waals surface area contributed by atoms with Gasteiger partial charge in [-0.2, -0.15) is 18.3 Å². The maximum atomic E-state index is 13.1. The second-order valence-corrected chi connectivity index (χ2v) is 8.05. The molecule has 1 aliphatic rings. The van der Waals surface area contributed by atoms with Gasteiger partial charge in [-0.05, 0) is 31.4 Å². The SMILES string of the molecule is Cc1cccc(Cn2cnc(NC(=O)C(C)Cn3nc(C(F)(F)F)cc3C3CC3)n2)c1. The molecular formula is C21H23F3N6O. The number of aryl methyl sites for hydroxylation is 1. The molecule has 4 rings (SSSR count). The van der Waals surface area contributed by atoms with E-state index in [9.17, 15) is 18.0 Å². The zero-order valence-corrected chi connectivity index (χ0v) is 17.2. The van der Waals surface area contributed by atoms with Gasteiger partial charge < -0.3 is 0 Å². The number of nitrogens with zero attached hydrogens (tertiary/aromatic N) is 5. The Balaban J connectivity index is 1.39. The van der Waals surface area contributed by atoms with Gasteiger partial charge in [0, 0.05) is 11.6 Å². The molecule has 0 bridgehead atoms. The largest absolute Gasteiger partial charge is 0.435 e. The average molecular weight is 432 g/mol. The normalized spacial score (nSPS) is 15.1. The third-order valence-corrected chi connectivity index (χ3v) is 5.19. The summed E-state index contributed by atoms with van der Waals surface area (Å²) in [5.41, 5.74) is 1.81. The topological polar surface area (TPSA) is 77.6 Å². The number of hydrogen-bond donors (Lipinski definition) is 1. The van der Waals surface area contributed by atoms with Crippen LogP contribution in [0.5, 0.6) is 0 Å². The molecule has 31 heavy (non-hydrogen) atoms. The van der Waals surface area contributed by atoms with Crippen LogP contribution in [0.1, 0.15) is 48.2 Å². The summed E-state index contributed by atoms with van der Waals surface area (Å²) in [4.78, 5) is 16.7. The maximum absolute atomic E-state index is 13.1. The summed E-state index contributed by atoms with van der Waals surface area (Å²) in [7, 11) is 0. The first-order valence-corrected chi connectivity index (χ1v) is 10.1. The zero-order valence-electron chi connectivity index (χ0n) is 17.2. The lowest BCUT2D eigenvalue weighted by Gasteiger charge is -2.13. The van der Waals surface area contributed by atoms with Crippen LogP contribution in [0.3, 0.4) is 0 Å². The minimum atomic E-state index is -4.51. The number of amides is 1. The third kappa shape index (κ3) is 5.12. The number of alkyl halides is 3. The van der Waals surface area contributed by atoms with E-state index in [2.05, 4.69) is 20.5 Å². The van der Waals surface area contributed by atoms with Crippen molar-refractivity contribution >= 4 is 11.9 Å². The second kappa shape index (κ2) is 8.16. The van der Waals surface area contributed by atoms with Crippen molar-refractivity contribution < 1.29 is 18.0 Å². The van der Waals surface area contributed by atoms with Gasteiger partial charge in [-0.1, -0.05) is 36.8 Å². The van der Waals surface area contributed by atoms with Gasteiger partial charge in [0.05, 0.1) is 19.0 Å². The lowest BCUT2D eigenvalue weighted by molar-refractivity contribution is -0.141. The third-order valence-electron chi connectivity index (χ3n) is 5.19. The van der Waals surface area contributed by atoms with E-state index in [0.717, 1.165) is 30.0 Å². The molecular weight excluding hydrogens is 409 g/mol. The number of hydrogen-bond acceptors (Lipinski definition) is 4. The number of halogens is 3. The van der Waals surface area contributed by atoms with Crippen LogP contribution in [0.15, 0.2) is 36.7 Å². The van der Waals surface area contributed by atoms with Crippen molar-refractivity contribution in [2.24, 2.45) is 5.92 Å². The van der Waals surface area contributed by atoms with Crippen molar-refractivity contribution in [2.75, 3.05) is 5.32 Å². The Morgan fingerprint density at radius 1 is 1.26 bits per heavy atom. The highest BCUT2D eigenvalue weighted by Crippen LogP contribution is 2.42. The first-order valence-electron chi connectivity index (χ1n) is 10.1. The number of carbonyl (C=O) groups excluding carboxylic acids is 1. The first kappa shape index (κ1) is 21.1. The predicted molar refractivity (Wildman–Crippen MR) is 107 cm³/mol. The minimum absolute atomic E-state index is 0.0533. The van der Waals surface area contributed by atoms with Gasteiger partial charge in [0.25, 0.3) is 0 Å². The molecule has 164 valence electrons. The molecule has 1 amide bonds. The molecule has 1 aromatic carbocycles. The summed E-state index contributed by atoms with van der Waals surface area (Å²) in [5, 5.41) is 10.6. The van der Waals surface area contributed by atoms with Crippen LogP contribution in [-0.4, -0.2) is 30.5 Å². The van der Waals surface area contributed by atoms with Crippen LogP contribution in [0.25, 0.3) is 0 Å². The summed E-state index contributed by atoms with van der Waals surface area (Å²) < 4.78 is 42.1. The summed E-state index contributed by atoms with van der Waals surface area (Å²) in [6.45, 7) is 4.21. The van der Waals surface area contributed by atoms with Crippen LogP contribution < -0.4 is 5.32 Å². The van der Waals surface area contributed by atoms with Gasteiger partial charge in [0.1, 0.15) is 6.33 Å². The molecule has 2 aromatic heterocycles. The Morgan fingerprint density at radius 3 is 2.71 bits per heavy atom.